The summed E-state index contributed by atoms with van der Waals surface area (Å²) in [7, 11) is 0. The lowest BCUT2D eigenvalue weighted by Crippen LogP contribution is -2.15. The zero-order valence-electron chi connectivity index (χ0n) is 23.6. The molecule has 0 saturated heterocycles. The molecule has 0 radical (unpaired) electrons. The Kier molecular flexibility index (Phi) is 8.96. The Morgan fingerprint density at radius 3 is 1.57 bits per heavy atom. The molecule has 4 rings (SSSR count). The van der Waals surface area contributed by atoms with E-state index in [9.17, 15) is 10.2 Å². The van der Waals surface area contributed by atoms with Crippen LogP contribution in [0.15, 0.2) is 60.9 Å². The van der Waals surface area contributed by atoms with Crippen LogP contribution in [0.3, 0.4) is 0 Å². The van der Waals surface area contributed by atoms with E-state index in [4.69, 9.17) is 0 Å². The number of phenols is 2. The van der Waals surface area contributed by atoms with Gasteiger partial charge in [0.15, 0.2) is 0 Å². The molecule has 0 saturated carbocycles. The van der Waals surface area contributed by atoms with Crippen LogP contribution in [0.25, 0.3) is 10.8 Å². The van der Waals surface area contributed by atoms with Gasteiger partial charge < -0.3 is 10.2 Å². The number of fused-ring (bicyclic) bond motifs is 1. The maximum Gasteiger partial charge on any atom is 0.122 e. The van der Waals surface area contributed by atoms with Crippen LogP contribution < -0.4 is 0 Å². The monoisotopic (exact) mass is 498 g/mol. The molecule has 4 nitrogen and oxygen atoms in total. The van der Waals surface area contributed by atoms with Crippen LogP contribution >= 0.6 is 0 Å². The van der Waals surface area contributed by atoms with Crippen molar-refractivity contribution in [1.29, 1.82) is 0 Å². The molecule has 1 atom stereocenters. The van der Waals surface area contributed by atoms with Crippen molar-refractivity contribution in [2.75, 3.05) is 0 Å². The molecule has 0 amide bonds. The standard InChI is InChI=1S/C25H36O2.C8H6N2/c1-15-9-18(4)23(26)21(11-15)20(13-17(3)14-25(6,7)8)22-12-16(2)10-19(5)24(22)27;1-2-4-8-6-10-9-5-7(8)3-1/h9-12,17,20,26-27H,13-14H2,1-8H3;1-6H. The third kappa shape index (κ3) is 7.55. The highest BCUT2D eigenvalue weighted by atomic mass is 16.3. The number of aryl methyl sites for hydroxylation is 4. The first-order chi connectivity index (χ1) is 17.4. The zero-order chi connectivity index (χ0) is 27.3. The summed E-state index contributed by atoms with van der Waals surface area (Å²) in [6.07, 6.45) is 5.51. The van der Waals surface area contributed by atoms with Gasteiger partial charge in [0.25, 0.3) is 0 Å². The Hall–Kier alpha value is -3.40. The summed E-state index contributed by atoms with van der Waals surface area (Å²) in [4.78, 5) is 0. The SMILES string of the molecule is Cc1cc(C)c(O)c(C(CC(C)CC(C)(C)C)c2cc(C)cc(C)c2O)c1.c1ccc2cnncc2c1. The van der Waals surface area contributed by atoms with E-state index in [2.05, 4.69) is 63.9 Å². The summed E-state index contributed by atoms with van der Waals surface area (Å²) >= 11 is 0. The van der Waals surface area contributed by atoms with Gasteiger partial charge in [-0.05, 0) is 63.0 Å². The Balaban J connectivity index is 0.000000313. The van der Waals surface area contributed by atoms with Crippen molar-refractivity contribution in [1.82, 2.24) is 10.2 Å². The van der Waals surface area contributed by atoms with E-state index < -0.39 is 0 Å². The molecule has 1 unspecified atom stereocenters. The average Bonchev–Trinajstić information content (AvgIpc) is 2.82. The van der Waals surface area contributed by atoms with E-state index in [0.29, 0.717) is 17.4 Å². The topological polar surface area (TPSA) is 66.2 Å². The van der Waals surface area contributed by atoms with Crippen LogP contribution in [0.5, 0.6) is 11.5 Å². The first kappa shape index (κ1) is 28.2. The molecule has 2 N–H and O–H groups in total. The highest BCUT2D eigenvalue weighted by Gasteiger charge is 2.27. The number of aromatic nitrogens is 2. The number of aromatic hydroxyl groups is 2. The van der Waals surface area contributed by atoms with Gasteiger partial charge in [-0.2, -0.15) is 10.2 Å². The van der Waals surface area contributed by atoms with Crippen LogP contribution in [-0.4, -0.2) is 20.4 Å². The molecule has 1 aromatic heterocycles. The Morgan fingerprint density at radius 1 is 0.730 bits per heavy atom. The molecule has 4 heteroatoms. The molecule has 0 bridgehead atoms. The largest absolute Gasteiger partial charge is 0.507 e. The van der Waals surface area contributed by atoms with Crippen LogP contribution in [-0.2, 0) is 0 Å². The van der Waals surface area contributed by atoms with Gasteiger partial charge in [-0.25, -0.2) is 0 Å². The van der Waals surface area contributed by atoms with Crippen molar-refractivity contribution >= 4 is 10.8 Å². The third-order valence-electron chi connectivity index (χ3n) is 6.75. The maximum atomic E-state index is 10.8. The van der Waals surface area contributed by atoms with E-state index in [1.807, 2.05) is 50.2 Å². The molecule has 0 aliphatic rings. The molecule has 0 spiro atoms. The fourth-order valence-electron chi connectivity index (χ4n) is 5.41. The number of nitrogens with zero attached hydrogens (tertiary/aromatic N) is 2. The normalized spacial score (nSPS) is 12.4. The second-order valence-corrected chi connectivity index (χ2v) is 11.8. The van der Waals surface area contributed by atoms with Crippen LogP contribution in [0.1, 0.15) is 79.8 Å². The lowest BCUT2D eigenvalue weighted by atomic mass is 9.76. The van der Waals surface area contributed by atoms with Crippen molar-refractivity contribution < 1.29 is 10.2 Å². The highest BCUT2D eigenvalue weighted by molar-refractivity contribution is 5.80. The van der Waals surface area contributed by atoms with Gasteiger partial charge in [-0.3, -0.25) is 0 Å². The van der Waals surface area contributed by atoms with E-state index in [1.54, 1.807) is 12.4 Å². The second-order valence-electron chi connectivity index (χ2n) is 11.8. The molecule has 37 heavy (non-hydrogen) atoms. The van der Waals surface area contributed by atoms with Crippen LogP contribution in [0, 0.1) is 39.0 Å². The molecule has 0 aliphatic carbocycles. The van der Waals surface area contributed by atoms with Crippen LogP contribution in [0.2, 0.25) is 0 Å². The smallest absolute Gasteiger partial charge is 0.122 e. The van der Waals surface area contributed by atoms with Gasteiger partial charge in [0, 0.05) is 27.8 Å². The van der Waals surface area contributed by atoms with E-state index in [0.717, 1.165) is 57.0 Å². The summed E-state index contributed by atoms with van der Waals surface area (Å²) in [6.45, 7) is 17.1. The van der Waals surface area contributed by atoms with Crippen molar-refractivity contribution in [2.24, 2.45) is 11.3 Å². The Labute approximate surface area is 222 Å². The van der Waals surface area contributed by atoms with E-state index in [-0.39, 0.29) is 11.3 Å². The zero-order valence-corrected chi connectivity index (χ0v) is 23.6. The van der Waals surface area contributed by atoms with Crippen molar-refractivity contribution in [3.63, 3.8) is 0 Å². The van der Waals surface area contributed by atoms with Gasteiger partial charge in [0.2, 0.25) is 0 Å². The molecular formula is C33H42N2O2. The predicted octanol–water partition coefficient (Wildman–Crippen LogP) is 8.56. The van der Waals surface area contributed by atoms with E-state index >= 15 is 0 Å². The van der Waals surface area contributed by atoms with Gasteiger partial charge in [0.1, 0.15) is 11.5 Å². The van der Waals surface area contributed by atoms with Crippen molar-refractivity contribution in [2.45, 2.75) is 74.1 Å². The minimum absolute atomic E-state index is 0.0282. The molecule has 4 aromatic rings. The summed E-state index contributed by atoms with van der Waals surface area (Å²) in [5.41, 5.74) is 6.15. The lowest BCUT2D eigenvalue weighted by Gasteiger charge is -2.29. The second kappa shape index (κ2) is 11.8. The van der Waals surface area contributed by atoms with Crippen molar-refractivity contribution in [3.8, 4) is 11.5 Å². The summed E-state index contributed by atoms with van der Waals surface area (Å²) in [6, 6.07) is 16.2. The summed E-state index contributed by atoms with van der Waals surface area (Å²) < 4.78 is 0. The molecule has 0 aliphatic heterocycles. The number of hydrogen-bond donors (Lipinski definition) is 2. The summed E-state index contributed by atoms with van der Waals surface area (Å²) in [5, 5.41) is 31.5. The molecule has 0 fully saturated rings. The number of phenolic OH excluding ortho intramolecular Hbond substituents is 2. The number of benzene rings is 3. The average molecular weight is 499 g/mol. The van der Waals surface area contributed by atoms with E-state index in [1.165, 1.54) is 0 Å². The molecule has 3 aromatic carbocycles. The summed E-state index contributed by atoms with van der Waals surface area (Å²) in [5.74, 6) is 1.15. The molecular weight excluding hydrogens is 456 g/mol. The lowest BCUT2D eigenvalue weighted by molar-refractivity contribution is 0.289. The van der Waals surface area contributed by atoms with Gasteiger partial charge >= 0.3 is 0 Å². The predicted molar refractivity (Wildman–Crippen MR) is 154 cm³/mol. The third-order valence-corrected chi connectivity index (χ3v) is 6.75. The van der Waals surface area contributed by atoms with Crippen LogP contribution in [0.4, 0.5) is 0 Å². The minimum atomic E-state index is -0.0282. The van der Waals surface area contributed by atoms with Gasteiger partial charge in [0.05, 0.1) is 12.4 Å². The van der Waals surface area contributed by atoms with Gasteiger partial charge in [-0.15, -0.1) is 0 Å². The molecule has 1 heterocycles. The van der Waals surface area contributed by atoms with Crippen molar-refractivity contribution in [3.05, 3.63) is 94.3 Å². The maximum absolute atomic E-state index is 10.8. The fourth-order valence-corrected chi connectivity index (χ4v) is 5.41. The highest BCUT2D eigenvalue weighted by Crippen LogP contribution is 2.44. The number of hydrogen-bond acceptors (Lipinski definition) is 4. The quantitative estimate of drug-likeness (QED) is 0.289. The fraction of sp³-hybridized carbons (Fsp3) is 0.394. The minimum Gasteiger partial charge on any atom is -0.507 e. The molecule has 196 valence electrons. The first-order valence-corrected chi connectivity index (χ1v) is 13.1. The Bertz CT molecular complexity index is 1230. The van der Waals surface area contributed by atoms with Gasteiger partial charge in [-0.1, -0.05) is 87.4 Å². The number of rotatable bonds is 5. The Morgan fingerprint density at radius 2 is 1.16 bits per heavy atom. The first-order valence-electron chi connectivity index (χ1n) is 13.1.